The number of ether oxygens (including phenoxy) is 1. The summed E-state index contributed by atoms with van der Waals surface area (Å²) in [6.07, 6.45) is 2.45. The van der Waals surface area contributed by atoms with Crippen LogP contribution in [0.3, 0.4) is 0 Å². The second kappa shape index (κ2) is 15.0. The van der Waals surface area contributed by atoms with Crippen molar-refractivity contribution < 1.29 is 22.7 Å². The zero-order valence-electron chi connectivity index (χ0n) is 26.1. The molecule has 0 spiro atoms. The molecule has 2 aliphatic rings. The standard InChI is InChI=1S/C36H43F3N4O2/c1-40-22-18-32(19-23-40)41(2)31-13-8-30(9-14-31)27-43(33-20-24-42(25-21-33)26-29-6-4-3-5-7-29)35(44)17-12-28-10-15-34(16-11-28)45-36(37,38)39/h3-17,32-33H,18-27H2,1-2H3/b17-12+. The van der Waals surface area contributed by atoms with Gasteiger partial charge >= 0.3 is 6.36 Å². The first-order valence-electron chi connectivity index (χ1n) is 15.7. The molecule has 240 valence electrons. The zero-order valence-corrected chi connectivity index (χ0v) is 26.1. The number of amides is 1. The molecule has 3 aromatic rings. The molecule has 0 aromatic heterocycles. The van der Waals surface area contributed by atoms with Gasteiger partial charge in [0.1, 0.15) is 5.75 Å². The molecule has 2 aliphatic heterocycles. The molecule has 0 N–H and O–H groups in total. The summed E-state index contributed by atoms with van der Waals surface area (Å²) in [5, 5.41) is 0. The number of anilines is 1. The van der Waals surface area contributed by atoms with E-state index in [1.54, 1.807) is 6.08 Å². The first-order chi connectivity index (χ1) is 21.6. The Labute approximate surface area is 264 Å². The quantitative estimate of drug-likeness (QED) is 0.233. The van der Waals surface area contributed by atoms with Gasteiger partial charge in [0.2, 0.25) is 5.91 Å². The topological polar surface area (TPSA) is 39.3 Å². The number of alkyl halides is 3. The highest BCUT2D eigenvalue weighted by Gasteiger charge is 2.31. The maximum atomic E-state index is 13.7. The molecule has 1 amide bonds. The molecule has 5 rings (SSSR count). The van der Waals surface area contributed by atoms with Gasteiger partial charge in [0.25, 0.3) is 0 Å². The van der Waals surface area contributed by atoms with Gasteiger partial charge in [0.05, 0.1) is 0 Å². The number of halogens is 3. The van der Waals surface area contributed by atoms with Crippen molar-refractivity contribution in [2.24, 2.45) is 0 Å². The Hall–Kier alpha value is -3.82. The van der Waals surface area contributed by atoms with E-state index in [2.05, 4.69) is 82.1 Å². The number of piperidine rings is 2. The van der Waals surface area contributed by atoms with E-state index in [1.807, 2.05) is 11.0 Å². The highest BCUT2D eigenvalue weighted by atomic mass is 19.4. The van der Waals surface area contributed by atoms with Crippen LogP contribution in [0, 0.1) is 0 Å². The van der Waals surface area contributed by atoms with Crippen molar-refractivity contribution in [3.05, 3.63) is 102 Å². The van der Waals surface area contributed by atoms with Crippen molar-refractivity contribution in [1.82, 2.24) is 14.7 Å². The van der Waals surface area contributed by atoms with Crippen LogP contribution in [-0.2, 0) is 17.9 Å². The highest BCUT2D eigenvalue weighted by molar-refractivity contribution is 5.92. The maximum Gasteiger partial charge on any atom is 0.573 e. The average molecular weight is 621 g/mol. The summed E-state index contributed by atoms with van der Waals surface area (Å²) in [7, 11) is 4.33. The largest absolute Gasteiger partial charge is 0.573 e. The van der Waals surface area contributed by atoms with Gasteiger partial charge in [-0.05, 0) is 92.9 Å². The van der Waals surface area contributed by atoms with Crippen LogP contribution in [0.25, 0.3) is 6.08 Å². The predicted molar refractivity (Wildman–Crippen MR) is 173 cm³/mol. The molecule has 0 aliphatic carbocycles. The number of rotatable bonds is 10. The average Bonchev–Trinajstić information content (AvgIpc) is 3.04. The Morgan fingerprint density at radius 1 is 0.844 bits per heavy atom. The number of hydrogen-bond donors (Lipinski definition) is 0. The van der Waals surface area contributed by atoms with Crippen molar-refractivity contribution in [1.29, 1.82) is 0 Å². The van der Waals surface area contributed by atoms with Gasteiger partial charge in [-0.25, -0.2) is 0 Å². The molecular formula is C36H43F3N4O2. The van der Waals surface area contributed by atoms with Crippen LogP contribution in [0.5, 0.6) is 5.75 Å². The van der Waals surface area contributed by atoms with Gasteiger partial charge in [0, 0.05) is 57.1 Å². The number of carbonyl (C=O) groups excluding carboxylic acids is 1. The van der Waals surface area contributed by atoms with Gasteiger partial charge < -0.3 is 19.4 Å². The lowest BCUT2D eigenvalue weighted by molar-refractivity contribution is -0.274. The molecule has 2 saturated heterocycles. The highest BCUT2D eigenvalue weighted by Crippen LogP contribution is 2.26. The second-order valence-electron chi connectivity index (χ2n) is 12.2. The molecule has 0 unspecified atom stereocenters. The van der Waals surface area contributed by atoms with E-state index in [0.29, 0.717) is 18.2 Å². The van der Waals surface area contributed by atoms with Gasteiger partial charge in [-0.15, -0.1) is 13.2 Å². The number of carbonyl (C=O) groups is 1. The molecule has 2 fully saturated rings. The molecule has 0 atom stereocenters. The summed E-state index contributed by atoms with van der Waals surface area (Å²) < 4.78 is 41.6. The summed E-state index contributed by atoms with van der Waals surface area (Å²) in [5.74, 6) is -0.403. The molecule has 0 bridgehead atoms. The maximum absolute atomic E-state index is 13.7. The van der Waals surface area contributed by atoms with E-state index in [4.69, 9.17) is 0 Å². The van der Waals surface area contributed by atoms with E-state index < -0.39 is 6.36 Å². The summed E-state index contributed by atoms with van der Waals surface area (Å²) in [6.45, 7) is 5.38. The van der Waals surface area contributed by atoms with Crippen LogP contribution in [0.4, 0.5) is 18.9 Å². The van der Waals surface area contributed by atoms with Gasteiger partial charge in [-0.3, -0.25) is 9.69 Å². The van der Waals surface area contributed by atoms with E-state index in [1.165, 1.54) is 41.6 Å². The summed E-state index contributed by atoms with van der Waals surface area (Å²) in [6, 6.07) is 25.1. The fourth-order valence-corrected chi connectivity index (χ4v) is 6.29. The molecule has 3 aromatic carbocycles. The molecule has 0 saturated carbocycles. The van der Waals surface area contributed by atoms with Crippen LogP contribution in [0.2, 0.25) is 0 Å². The monoisotopic (exact) mass is 620 g/mol. The fraction of sp³-hybridized carbons (Fsp3) is 0.417. The first kappa shape index (κ1) is 32.6. The number of hydrogen-bond acceptors (Lipinski definition) is 5. The SMILES string of the molecule is CN1CCC(N(C)c2ccc(CN(C(=O)/C=C/c3ccc(OC(F)(F)F)cc3)C3CCN(Cc4ccccc4)CC3)cc2)CC1. The Balaban J connectivity index is 1.26. The molecule has 6 nitrogen and oxygen atoms in total. The Bertz CT molecular complexity index is 1380. The van der Waals surface area contributed by atoms with Gasteiger partial charge in [-0.1, -0.05) is 54.6 Å². The summed E-state index contributed by atoms with van der Waals surface area (Å²) >= 11 is 0. The molecule has 9 heteroatoms. The third kappa shape index (κ3) is 9.58. The van der Waals surface area contributed by atoms with Crippen LogP contribution >= 0.6 is 0 Å². The molecule has 2 heterocycles. The normalized spacial score (nSPS) is 17.4. The first-order valence-corrected chi connectivity index (χ1v) is 15.7. The second-order valence-corrected chi connectivity index (χ2v) is 12.2. The third-order valence-corrected chi connectivity index (χ3v) is 8.99. The van der Waals surface area contributed by atoms with Crippen molar-refractivity contribution in [2.45, 2.75) is 57.2 Å². The smallest absolute Gasteiger partial charge is 0.406 e. The fourth-order valence-electron chi connectivity index (χ4n) is 6.29. The van der Waals surface area contributed by atoms with Crippen molar-refractivity contribution >= 4 is 17.7 Å². The minimum Gasteiger partial charge on any atom is -0.406 e. The lowest BCUT2D eigenvalue weighted by Gasteiger charge is -2.38. The van der Waals surface area contributed by atoms with Crippen molar-refractivity contribution in [3.8, 4) is 5.75 Å². The Kier molecular flexibility index (Phi) is 10.8. The van der Waals surface area contributed by atoms with Crippen LogP contribution < -0.4 is 9.64 Å². The number of benzene rings is 3. The van der Waals surface area contributed by atoms with Crippen molar-refractivity contribution in [3.63, 3.8) is 0 Å². The lowest BCUT2D eigenvalue weighted by Crippen LogP contribution is -2.46. The molecule has 0 radical (unpaired) electrons. The molecule has 45 heavy (non-hydrogen) atoms. The number of likely N-dealkylation sites (tertiary alicyclic amines) is 2. The Morgan fingerprint density at radius 3 is 2.09 bits per heavy atom. The van der Waals surface area contributed by atoms with Crippen LogP contribution in [0.15, 0.2) is 84.9 Å². The summed E-state index contributed by atoms with van der Waals surface area (Å²) in [5.41, 5.74) is 4.15. The predicted octanol–water partition coefficient (Wildman–Crippen LogP) is 6.82. The van der Waals surface area contributed by atoms with Crippen LogP contribution in [-0.4, -0.2) is 79.3 Å². The van der Waals surface area contributed by atoms with E-state index >= 15 is 0 Å². The number of nitrogens with zero attached hydrogens (tertiary/aromatic N) is 4. The van der Waals surface area contributed by atoms with Gasteiger partial charge in [0.15, 0.2) is 0 Å². The Morgan fingerprint density at radius 2 is 1.47 bits per heavy atom. The van der Waals surface area contributed by atoms with E-state index in [9.17, 15) is 18.0 Å². The van der Waals surface area contributed by atoms with E-state index in [-0.39, 0.29) is 17.7 Å². The summed E-state index contributed by atoms with van der Waals surface area (Å²) in [4.78, 5) is 22.8. The zero-order chi connectivity index (χ0) is 31.8. The minimum atomic E-state index is -4.75. The van der Waals surface area contributed by atoms with Gasteiger partial charge in [-0.2, -0.15) is 0 Å². The van der Waals surface area contributed by atoms with E-state index in [0.717, 1.165) is 64.0 Å². The van der Waals surface area contributed by atoms with Crippen molar-refractivity contribution in [2.75, 3.05) is 45.2 Å². The van der Waals surface area contributed by atoms with Crippen LogP contribution in [0.1, 0.15) is 42.4 Å². The molecular weight excluding hydrogens is 577 g/mol. The lowest BCUT2D eigenvalue weighted by atomic mass is 10.0. The third-order valence-electron chi connectivity index (χ3n) is 8.99. The minimum absolute atomic E-state index is 0.0818.